The third-order valence-electron chi connectivity index (χ3n) is 7.25. The molecular formula is C25H19NO5. The number of nitrogens with zero attached hydrogens (tertiary/aromatic N) is 1. The summed E-state index contributed by atoms with van der Waals surface area (Å²) in [5, 5.41) is 0. The van der Waals surface area contributed by atoms with Gasteiger partial charge in [-0.3, -0.25) is 14.4 Å². The van der Waals surface area contributed by atoms with Crippen molar-refractivity contribution in [1.82, 2.24) is 0 Å². The van der Waals surface area contributed by atoms with E-state index in [1.807, 2.05) is 0 Å². The zero-order valence-electron chi connectivity index (χ0n) is 16.5. The highest BCUT2D eigenvalue weighted by atomic mass is 16.5. The zero-order valence-corrected chi connectivity index (χ0v) is 16.5. The fraction of sp³-hybridized carbons (Fsp3) is 0.280. The molecular weight excluding hydrogens is 394 g/mol. The van der Waals surface area contributed by atoms with Crippen LogP contribution in [0.25, 0.3) is 0 Å². The average Bonchev–Trinajstić information content (AvgIpc) is 3.57. The predicted molar refractivity (Wildman–Crippen MR) is 110 cm³/mol. The molecule has 6 heteroatoms. The van der Waals surface area contributed by atoms with Crippen LogP contribution in [0.3, 0.4) is 0 Å². The van der Waals surface area contributed by atoms with Crippen LogP contribution < -0.4 is 9.64 Å². The summed E-state index contributed by atoms with van der Waals surface area (Å²) in [4.78, 5) is 51.7. The highest BCUT2D eigenvalue weighted by Gasteiger charge is 2.67. The molecule has 0 spiro atoms. The summed E-state index contributed by atoms with van der Waals surface area (Å²) in [5.41, 5.74) is 0.857. The second kappa shape index (κ2) is 6.48. The van der Waals surface area contributed by atoms with Gasteiger partial charge in [-0.1, -0.05) is 30.4 Å². The summed E-state index contributed by atoms with van der Waals surface area (Å²) < 4.78 is 5.38. The molecule has 2 aromatic rings. The molecule has 154 valence electrons. The van der Waals surface area contributed by atoms with Gasteiger partial charge in [0.2, 0.25) is 11.8 Å². The Morgan fingerprint density at radius 1 is 0.935 bits per heavy atom. The van der Waals surface area contributed by atoms with E-state index in [1.54, 1.807) is 36.4 Å². The van der Waals surface area contributed by atoms with E-state index in [-0.39, 0.29) is 52.4 Å². The molecule has 2 amide bonds. The van der Waals surface area contributed by atoms with Crippen LogP contribution in [-0.2, 0) is 9.59 Å². The van der Waals surface area contributed by atoms with Crippen molar-refractivity contribution in [3.8, 4) is 5.75 Å². The number of carbonyl (C=O) groups is 4. The first-order valence-electron chi connectivity index (χ1n) is 10.5. The van der Waals surface area contributed by atoms with Crippen molar-refractivity contribution >= 4 is 29.8 Å². The maximum Gasteiger partial charge on any atom is 0.343 e. The lowest BCUT2D eigenvalue weighted by molar-refractivity contribution is -0.124. The van der Waals surface area contributed by atoms with Gasteiger partial charge >= 0.3 is 5.97 Å². The minimum absolute atomic E-state index is 0.148. The number of benzene rings is 2. The van der Waals surface area contributed by atoms with Crippen LogP contribution in [0.15, 0.2) is 60.7 Å². The number of ether oxygens (including phenoxy) is 1. The molecule has 0 unspecified atom stereocenters. The number of hydrogen-bond donors (Lipinski definition) is 0. The summed E-state index contributed by atoms with van der Waals surface area (Å²) in [6, 6.07) is 12.8. The van der Waals surface area contributed by atoms with E-state index in [0.29, 0.717) is 23.8 Å². The normalized spacial score (nSPS) is 31.9. The Hall–Kier alpha value is -3.54. The van der Waals surface area contributed by atoms with Crippen LogP contribution in [0, 0.1) is 35.5 Å². The number of carbonyl (C=O) groups excluding carboxylic acids is 4. The van der Waals surface area contributed by atoms with Crippen molar-refractivity contribution in [2.45, 2.75) is 6.42 Å². The molecule has 6 atom stereocenters. The number of rotatable bonds is 4. The van der Waals surface area contributed by atoms with Crippen molar-refractivity contribution in [3.63, 3.8) is 0 Å². The highest BCUT2D eigenvalue weighted by Crippen LogP contribution is 2.65. The first kappa shape index (κ1) is 18.2. The van der Waals surface area contributed by atoms with Crippen LogP contribution in [0.5, 0.6) is 5.75 Å². The van der Waals surface area contributed by atoms with Gasteiger partial charge in [-0.05, 0) is 60.4 Å². The smallest absolute Gasteiger partial charge is 0.343 e. The fourth-order valence-electron chi connectivity index (χ4n) is 5.81. The van der Waals surface area contributed by atoms with Crippen LogP contribution in [0.4, 0.5) is 5.69 Å². The zero-order chi connectivity index (χ0) is 21.3. The number of allylic oxidation sites excluding steroid dienone is 2. The number of esters is 1. The number of anilines is 1. The molecule has 5 aliphatic rings. The van der Waals surface area contributed by atoms with E-state index in [4.69, 9.17) is 4.74 Å². The lowest BCUT2D eigenvalue weighted by atomic mass is 9.63. The molecule has 2 saturated carbocycles. The molecule has 2 bridgehead atoms. The Morgan fingerprint density at radius 2 is 1.61 bits per heavy atom. The van der Waals surface area contributed by atoms with Crippen molar-refractivity contribution in [2.75, 3.05) is 4.90 Å². The Bertz CT molecular complexity index is 1150. The summed E-state index contributed by atoms with van der Waals surface area (Å²) in [5.74, 6) is -0.0522. The largest absolute Gasteiger partial charge is 0.422 e. The van der Waals surface area contributed by atoms with Gasteiger partial charge in [-0.15, -0.1) is 0 Å². The maximum absolute atomic E-state index is 13.3. The predicted octanol–water partition coefficient (Wildman–Crippen LogP) is 3.28. The quantitative estimate of drug-likeness (QED) is 0.253. The molecule has 6 nitrogen and oxygen atoms in total. The lowest BCUT2D eigenvalue weighted by Gasteiger charge is -2.37. The van der Waals surface area contributed by atoms with Gasteiger partial charge in [-0.25, -0.2) is 9.69 Å². The first-order chi connectivity index (χ1) is 15.1. The number of hydrogen-bond acceptors (Lipinski definition) is 5. The van der Waals surface area contributed by atoms with Gasteiger partial charge in [0, 0.05) is 0 Å². The average molecular weight is 413 g/mol. The van der Waals surface area contributed by atoms with Gasteiger partial charge < -0.3 is 4.74 Å². The molecule has 3 fully saturated rings. The SMILES string of the molecule is O=Cc1ccccc1OC(=O)c1cccc(N2C(=O)[C@H]3[C@@H]4C=C[C@H]([C@@H]5C[C@H]45)[C@@H]3C2=O)c1. The molecule has 4 aliphatic carbocycles. The van der Waals surface area contributed by atoms with Gasteiger partial charge in [0.1, 0.15) is 5.75 Å². The number of amides is 2. The standard InChI is InChI=1S/C25H19NO5/c27-12-14-4-1-2-7-20(14)31-25(30)13-5-3-6-15(10-13)26-23(28)21-16-8-9-17(19-11-18(16)19)22(21)24(26)29/h1-10,12,16-19,21-22H,11H2/t16-,17-,18-,19+,21+,22+/m1/s1. The van der Waals surface area contributed by atoms with Crippen molar-refractivity contribution in [2.24, 2.45) is 35.5 Å². The number of aldehydes is 1. The van der Waals surface area contributed by atoms with E-state index in [2.05, 4.69) is 12.2 Å². The molecule has 1 aliphatic heterocycles. The number of para-hydroxylation sites is 1. The van der Waals surface area contributed by atoms with Crippen molar-refractivity contribution < 1.29 is 23.9 Å². The van der Waals surface area contributed by atoms with Crippen LogP contribution in [-0.4, -0.2) is 24.1 Å². The van der Waals surface area contributed by atoms with Crippen molar-refractivity contribution in [3.05, 3.63) is 71.8 Å². The van der Waals surface area contributed by atoms with E-state index < -0.39 is 5.97 Å². The fourth-order valence-corrected chi connectivity index (χ4v) is 5.81. The second-order valence-electron chi connectivity index (χ2n) is 8.76. The molecule has 2 aromatic carbocycles. The third kappa shape index (κ3) is 2.57. The highest BCUT2D eigenvalue weighted by molar-refractivity contribution is 6.23. The van der Waals surface area contributed by atoms with Crippen LogP contribution >= 0.6 is 0 Å². The number of imide groups is 1. The van der Waals surface area contributed by atoms with E-state index in [0.717, 1.165) is 6.42 Å². The summed E-state index contributed by atoms with van der Waals surface area (Å²) >= 11 is 0. The van der Waals surface area contributed by atoms with Crippen molar-refractivity contribution in [1.29, 1.82) is 0 Å². The topological polar surface area (TPSA) is 80.8 Å². The second-order valence-corrected chi connectivity index (χ2v) is 8.76. The van der Waals surface area contributed by atoms with Gasteiger partial charge in [0.05, 0.1) is 28.7 Å². The minimum atomic E-state index is -0.657. The third-order valence-corrected chi connectivity index (χ3v) is 7.25. The van der Waals surface area contributed by atoms with Gasteiger partial charge in [0.25, 0.3) is 0 Å². The monoisotopic (exact) mass is 413 g/mol. The first-order valence-corrected chi connectivity index (χ1v) is 10.5. The van der Waals surface area contributed by atoms with Crippen LogP contribution in [0.2, 0.25) is 0 Å². The minimum Gasteiger partial charge on any atom is -0.422 e. The van der Waals surface area contributed by atoms with E-state index >= 15 is 0 Å². The van der Waals surface area contributed by atoms with Gasteiger partial charge in [0.15, 0.2) is 6.29 Å². The molecule has 31 heavy (non-hydrogen) atoms. The summed E-state index contributed by atoms with van der Waals surface area (Å²) in [6.45, 7) is 0. The summed E-state index contributed by atoms with van der Waals surface area (Å²) in [7, 11) is 0. The van der Waals surface area contributed by atoms with Crippen LogP contribution in [0.1, 0.15) is 27.1 Å². The molecule has 7 rings (SSSR count). The Balaban J connectivity index is 1.29. The molecule has 1 heterocycles. The summed E-state index contributed by atoms with van der Waals surface area (Å²) in [6.07, 6.45) is 5.99. The van der Waals surface area contributed by atoms with E-state index in [9.17, 15) is 19.2 Å². The molecule has 0 N–H and O–H groups in total. The Morgan fingerprint density at radius 3 is 2.29 bits per heavy atom. The van der Waals surface area contributed by atoms with E-state index in [1.165, 1.54) is 17.0 Å². The Kier molecular flexibility index (Phi) is 3.81. The lowest BCUT2D eigenvalue weighted by Crippen LogP contribution is -2.40. The molecule has 0 radical (unpaired) electrons. The molecule has 1 saturated heterocycles. The maximum atomic E-state index is 13.3. The Labute approximate surface area is 178 Å². The van der Waals surface area contributed by atoms with Gasteiger partial charge in [-0.2, -0.15) is 0 Å². The molecule has 0 aromatic heterocycles.